The molecule has 0 unspecified atom stereocenters. The normalized spacial score (nSPS) is 22.2. The van der Waals surface area contributed by atoms with Crippen molar-refractivity contribution in [1.29, 1.82) is 0 Å². The summed E-state index contributed by atoms with van der Waals surface area (Å²) in [5.74, 6) is -0.289. The second-order valence-corrected chi connectivity index (χ2v) is 8.03. The molecule has 3 atom stereocenters. The maximum absolute atomic E-state index is 12.0. The Labute approximate surface area is 172 Å². The lowest BCUT2D eigenvalue weighted by Crippen LogP contribution is -2.41. The summed E-state index contributed by atoms with van der Waals surface area (Å²) in [5.41, 5.74) is 0. The molecule has 1 fully saturated rings. The van der Waals surface area contributed by atoms with E-state index in [1.165, 1.54) is 38.5 Å². The van der Waals surface area contributed by atoms with Crippen LogP contribution in [0, 0.1) is 5.92 Å². The van der Waals surface area contributed by atoms with Crippen LogP contribution in [0.1, 0.15) is 97.8 Å². The van der Waals surface area contributed by atoms with Crippen LogP contribution in [0.15, 0.2) is 24.3 Å². The van der Waals surface area contributed by atoms with Crippen molar-refractivity contribution < 1.29 is 14.3 Å². The minimum absolute atomic E-state index is 0.0337. The molecule has 1 aliphatic rings. The standard InChI is InChI=1S/C24H41NO3/c1-4-5-6-7-8-9-10-11-12-13-14-15-16-17-18-19-22(26)25-23-20(2)21(3)28-24(23)27/h8-9,11-12,20-21,23H,4-7,10,13-19H2,1-3H3,(H,25,26)/b9-8-,12-11+/t20-,21+,23+/m1/s1. The van der Waals surface area contributed by atoms with Gasteiger partial charge in [-0.25, -0.2) is 4.79 Å². The second kappa shape index (κ2) is 15.4. The van der Waals surface area contributed by atoms with E-state index in [9.17, 15) is 9.59 Å². The Bertz CT molecular complexity index is 498. The van der Waals surface area contributed by atoms with Crippen molar-refractivity contribution in [1.82, 2.24) is 5.32 Å². The van der Waals surface area contributed by atoms with E-state index in [2.05, 4.69) is 36.5 Å². The van der Waals surface area contributed by atoms with Crippen molar-refractivity contribution in [3.05, 3.63) is 24.3 Å². The van der Waals surface area contributed by atoms with Gasteiger partial charge in [0.25, 0.3) is 0 Å². The van der Waals surface area contributed by atoms with Gasteiger partial charge < -0.3 is 10.1 Å². The summed E-state index contributed by atoms with van der Waals surface area (Å²) in [6, 6.07) is -0.472. The molecule has 1 amide bonds. The van der Waals surface area contributed by atoms with Gasteiger partial charge in [-0.3, -0.25) is 4.79 Å². The van der Waals surface area contributed by atoms with E-state index in [4.69, 9.17) is 4.74 Å². The molecule has 1 rings (SSSR count). The number of amides is 1. The van der Waals surface area contributed by atoms with Gasteiger partial charge in [-0.05, 0) is 45.4 Å². The molecular formula is C24H41NO3. The van der Waals surface area contributed by atoms with Crippen LogP contribution in [0.2, 0.25) is 0 Å². The van der Waals surface area contributed by atoms with Gasteiger partial charge in [0, 0.05) is 12.3 Å². The highest BCUT2D eigenvalue weighted by atomic mass is 16.6. The van der Waals surface area contributed by atoms with E-state index in [1.54, 1.807) is 0 Å². The number of esters is 1. The van der Waals surface area contributed by atoms with E-state index in [0.717, 1.165) is 32.1 Å². The fourth-order valence-corrected chi connectivity index (χ4v) is 3.38. The number of hydrogen-bond acceptors (Lipinski definition) is 3. The summed E-state index contributed by atoms with van der Waals surface area (Å²) in [5, 5.41) is 2.83. The molecule has 4 heteroatoms. The lowest BCUT2D eigenvalue weighted by Gasteiger charge is -2.14. The molecule has 28 heavy (non-hydrogen) atoms. The smallest absolute Gasteiger partial charge is 0.329 e. The molecule has 0 aliphatic carbocycles. The van der Waals surface area contributed by atoms with Gasteiger partial charge in [0.1, 0.15) is 12.1 Å². The number of carbonyl (C=O) groups is 2. The first-order chi connectivity index (χ1) is 13.6. The molecule has 0 aromatic rings. The van der Waals surface area contributed by atoms with Crippen LogP contribution >= 0.6 is 0 Å². The molecule has 1 heterocycles. The number of unbranched alkanes of at least 4 members (excludes halogenated alkanes) is 8. The van der Waals surface area contributed by atoms with Gasteiger partial charge in [-0.15, -0.1) is 0 Å². The van der Waals surface area contributed by atoms with Crippen LogP contribution < -0.4 is 5.32 Å². The Morgan fingerprint density at radius 3 is 2.14 bits per heavy atom. The van der Waals surface area contributed by atoms with Crippen molar-refractivity contribution in [2.75, 3.05) is 0 Å². The topological polar surface area (TPSA) is 55.4 Å². The van der Waals surface area contributed by atoms with Crippen molar-refractivity contribution in [2.24, 2.45) is 5.92 Å². The van der Waals surface area contributed by atoms with Gasteiger partial charge in [0.15, 0.2) is 0 Å². The lowest BCUT2D eigenvalue weighted by molar-refractivity contribution is -0.143. The zero-order valence-corrected chi connectivity index (χ0v) is 18.3. The predicted octanol–water partition coefficient (Wildman–Crippen LogP) is 5.87. The largest absolute Gasteiger partial charge is 0.461 e. The van der Waals surface area contributed by atoms with Crippen LogP contribution in [-0.4, -0.2) is 24.0 Å². The molecule has 1 saturated heterocycles. The number of allylic oxidation sites excluding steroid dienone is 4. The molecule has 0 bridgehead atoms. The molecule has 0 radical (unpaired) electrons. The van der Waals surface area contributed by atoms with Crippen molar-refractivity contribution >= 4 is 11.9 Å². The number of carbonyl (C=O) groups excluding carboxylic acids is 2. The molecule has 160 valence electrons. The van der Waals surface area contributed by atoms with Crippen molar-refractivity contribution in [2.45, 2.75) is 110 Å². The zero-order chi connectivity index (χ0) is 20.6. The molecule has 1 aliphatic heterocycles. The maximum atomic E-state index is 12.0. The quantitative estimate of drug-likeness (QED) is 0.216. The third-order valence-electron chi connectivity index (χ3n) is 5.49. The highest BCUT2D eigenvalue weighted by Crippen LogP contribution is 2.21. The third kappa shape index (κ3) is 10.7. The summed E-state index contributed by atoms with van der Waals surface area (Å²) in [7, 11) is 0. The minimum atomic E-state index is -0.472. The Kier molecular flexibility index (Phi) is 13.4. The van der Waals surface area contributed by atoms with Gasteiger partial charge >= 0.3 is 5.97 Å². The van der Waals surface area contributed by atoms with Crippen LogP contribution in [-0.2, 0) is 14.3 Å². The first-order valence-electron chi connectivity index (χ1n) is 11.4. The van der Waals surface area contributed by atoms with Crippen molar-refractivity contribution in [3.63, 3.8) is 0 Å². The van der Waals surface area contributed by atoms with E-state index < -0.39 is 6.04 Å². The Balaban J connectivity index is 1.93. The summed E-state index contributed by atoms with van der Waals surface area (Å²) in [4.78, 5) is 23.7. The summed E-state index contributed by atoms with van der Waals surface area (Å²) < 4.78 is 5.16. The van der Waals surface area contributed by atoms with Gasteiger partial charge in [-0.1, -0.05) is 70.3 Å². The molecule has 0 aromatic carbocycles. The number of nitrogens with one attached hydrogen (secondary N) is 1. The molecule has 4 nitrogen and oxygen atoms in total. The van der Waals surface area contributed by atoms with E-state index >= 15 is 0 Å². The average molecular weight is 392 g/mol. The highest BCUT2D eigenvalue weighted by molar-refractivity contribution is 5.86. The highest BCUT2D eigenvalue weighted by Gasteiger charge is 2.40. The second-order valence-electron chi connectivity index (χ2n) is 8.03. The molecule has 0 aromatic heterocycles. The Morgan fingerprint density at radius 2 is 1.54 bits per heavy atom. The van der Waals surface area contributed by atoms with E-state index in [0.29, 0.717) is 6.42 Å². The van der Waals surface area contributed by atoms with Crippen LogP contribution in [0.3, 0.4) is 0 Å². The number of rotatable bonds is 15. The number of ether oxygens (including phenoxy) is 1. The Hall–Kier alpha value is -1.58. The monoisotopic (exact) mass is 391 g/mol. The number of hydrogen-bond donors (Lipinski definition) is 1. The summed E-state index contributed by atoms with van der Waals surface area (Å²) >= 11 is 0. The molecular weight excluding hydrogens is 350 g/mol. The Morgan fingerprint density at radius 1 is 0.929 bits per heavy atom. The first kappa shape index (κ1) is 24.5. The molecule has 1 N–H and O–H groups in total. The third-order valence-corrected chi connectivity index (χ3v) is 5.49. The minimum Gasteiger partial charge on any atom is -0.461 e. The van der Waals surface area contributed by atoms with Gasteiger partial charge in [-0.2, -0.15) is 0 Å². The zero-order valence-electron chi connectivity index (χ0n) is 18.3. The van der Waals surface area contributed by atoms with Gasteiger partial charge in [0.2, 0.25) is 5.91 Å². The van der Waals surface area contributed by atoms with Crippen LogP contribution in [0.5, 0.6) is 0 Å². The van der Waals surface area contributed by atoms with Crippen molar-refractivity contribution in [3.8, 4) is 0 Å². The average Bonchev–Trinajstić information content (AvgIpc) is 2.91. The number of cyclic esters (lactones) is 1. The first-order valence-corrected chi connectivity index (χ1v) is 11.4. The molecule has 0 saturated carbocycles. The lowest BCUT2D eigenvalue weighted by atomic mass is 10.00. The SMILES string of the molecule is CCCCC/C=C\C/C=C/CCCCCCCC(=O)N[C@@H]1C(=O)O[C@@H](C)[C@H]1C. The summed E-state index contributed by atoms with van der Waals surface area (Å²) in [6.45, 7) is 6.05. The summed E-state index contributed by atoms with van der Waals surface area (Å²) in [6.07, 6.45) is 22.4. The molecule has 0 spiro atoms. The van der Waals surface area contributed by atoms with E-state index in [1.807, 2.05) is 13.8 Å². The van der Waals surface area contributed by atoms with Gasteiger partial charge in [0.05, 0.1) is 0 Å². The van der Waals surface area contributed by atoms with Crippen LogP contribution in [0.4, 0.5) is 0 Å². The fourth-order valence-electron chi connectivity index (χ4n) is 3.38. The maximum Gasteiger partial charge on any atom is 0.329 e. The fraction of sp³-hybridized carbons (Fsp3) is 0.750. The van der Waals surface area contributed by atoms with Crippen LogP contribution in [0.25, 0.3) is 0 Å². The van der Waals surface area contributed by atoms with E-state index in [-0.39, 0.29) is 23.9 Å². The predicted molar refractivity (Wildman–Crippen MR) is 116 cm³/mol.